The van der Waals surface area contributed by atoms with Gasteiger partial charge < -0.3 is 9.84 Å². The van der Waals surface area contributed by atoms with Crippen molar-refractivity contribution in [3.8, 4) is 0 Å². The molecule has 2 atom stereocenters. The van der Waals surface area contributed by atoms with Gasteiger partial charge in [-0.25, -0.2) is 9.18 Å². The Hall–Kier alpha value is -1.75. The Kier molecular flexibility index (Phi) is 5.18. The van der Waals surface area contributed by atoms with Crippen LogP contribution in [0.25, 0.3) is 0 Å². The zero-order valence-electron chi connectivity index (χ0n) is 11.0. The van der Waals surface area contributed by atoms with Crippen molar-refractivity contribution in [3.05, 3.63) is 35.9 Å². The number of esters is 1. The second kappa shape index (κ2) is 6.43. The number of carbonyl (C=O) groups is 1. The third-order valence-electron chi connectivity index (χ3n) is 2.85. The number of aliphatic hydroxyl groups excluding tert-OH is 1. The molecule has 0 aliphatic rings. The molecule has 0 amide bonds. The lowest BCUT2D eigenvalue weighted by molar-refractivity contribution is -0.137. The summed E-state index contributed by atoms with van der Waals surface area (Å²) < 4.78 is 18.7. The van der Waals surface area contributed by atoms with Gasteiger partial charge >= 0.3 is 5.97 Å². The van der Waals surface area contributed by atoms with Crippen LogP contribution < -0.4 is 0 Å². The fourth-order valence-corrected chi connectivity index (χ4v) is 1.38. The molecule has 1 rings (SSSR count). The third-order valence-corrected chi connectivity index (χ3v) is 2.85. The monoisotopic (exact) mass is 267 g/mol. The minimum Gasteiger partial charge on any atom is -0.456 e. The van der Waals surface area contributed by atoms with E-state index < -0.39 is 29.9 Å². The summed E-state index contributed by atoms with van der Waals surface area (Å²) in [6.45, 7) is 2.47. The number of carbonyl (C=O) groups excluding carboxylic acids is 1. The lowest BCUT2D eigenvalue weighted by Crippen LogP contribution is -2.36. The number of benzene rings is 1. The molecular weight excluding hydrogens is 249 g/mol. The van der Waals surface area contributed by atoms with Gasteiger partial charge in [-0.05, 0) is 19.4 Å². The van der Waals surface area contributed by atoms with Crippen LogP contribution in [0.3, 0.4) is 0 Å². The van der Waals surface area contributed by atoms with Gasteiger partial charge in [-0.15, -0.1) is 0 Å². The molecule has 0 radical (unpaired) electrons. The van der Waals surface area contributed by atoms with Gasteiger partial charge in [0, 0.05) is 6.42 Å². The third kappa shape index (κ3) is 4.79. The number of ether oxygens (including phenoxy) is 1. The molecule has 0 saturated heterocycles. The van der Waals surface area contributed by atoms with E-state index in [1.807, 2.05) is 6.07 Å². The number of aliphatic hydroxyl groups is 1. The molecule has 0 heterocycles. The molecule has 0 saturated carbocycles. The standard InChI is InChI=1S/C14H18FNO3/c1-10(17)14(2,15)8-12(16)13(18)19-9-11-6-4-3-5-7-11/h3-7,10,16-17H,8-9H2,1-2H3. The van der Waals surface area contributed by atoms with Gasteiger partial charge in [0.25, 0.3) is 0 Å². The van der Waals surface area contributed by atoms with Gasteiger partial charge in [-0.3, -0.25) is 5.41 Å². The summed E-state index contributed by atoms with van der Waals surface area (Å²) in [6.07, 6.45) is -1.73. The van der Waals surface area contributed by atoms with Crippen LogP contribution in [0.2, 0.25) is 0 Å². The van der Waals surface area contributed by atoms with Gasteiger partial charge in [0.1, 0.15) is 18.0 Å². The Bertz CT molecular complexity index is 443. The van der Waals surface area contributed by atoms with Crippen molar-refractivity contribution in [3.63, 3.8) is 0 Å². The molecule has 5 heteroatoms. The Morgan fingerprint density at radius 2 is 2.05 bits per heavy atom. The largest absolute Gasteiger partial charge is 0.456 e. The Balaban J connectivity index is 2.48. The van der Waals surface area contributed by atoms with Crippen LogP contribution in [0.5, 0.6) is 0 Å². The highest BCUT2D eigenvalue weighted by Gasteiger charge is 2.33. The summed E-state index contributed by atoms with van der Waals surface area (Å²) in [5, 5.41) is 16.7. The number of halogens is 1. The van der Waals surface area contributed by atoms with Crippen LogP contribution in [0.15, 0.2) is 30.3 Å². The van der Waals surface area contributed by atoms with Crippen LogP contribution in [-0.4, -0.2) is 28.6 Å². The lowest BCUT2D eigenvalue weighted by Gasteiger charge is -2.23. The lowest BCUT2D eigenvalue weighted by atomic mass is 9.95. The highest BCUT2D eigenvalue weighted by molar-refractivity contribution is 6.35. The van der Waals surface area contributed by atoms with Crippen LogP contribution >= 0.6 is 0 Å². The van der Waals surface area contributed by atoms with Gasteiger partial charge in [0.15, 0.2) is 0 Å². The van der Waals surface area contributed by atoms with Crippen LogP contribution in [0, 0.1) is 5.41 Å². The maximum atomic E-state index is 13.8. The minimum absolute atomic E-state index is 0.0414. The van der Waals surface area contributed by atoms with E-state index >= 15 is 0 Å². The Morgan fingerprint density at radius 1 is 1.47 bits per heavy atom. The van der Waals surface area contributed by atoms with Gasteiger partial charge in [0.05, 0.1) is 6.10 Å². The molecule has 104 valence electrons. The number of rotatable bonds is 6. The first-order valence-corrected chi connectivity index (χ1v) is 5.98. The number of hydrogen-bond acceptors (Lipinski definition) is 4. The van der Waals surface area contributed by atoms with E-state index in [1.54, 1.807) is 24.3 Å². The predicted octanol–water partition coefficient (Wildman–Crippen LogP) is 2.25. The fourth-order valence-electron chi connectivity index (χ4n) is 1.38. The summed E-state index contributed by atoms with van der Waals surface area (Å²) >= 11 is 0. The molecule has 0 aromatic heterocycles. The molecule has 1 aromatic rings. The second-order valence-corrected chi connectivity index (χ2v) is 4.67. The first-order valence-electron chi connectivity index (χ1n) is 5.98. The molecule has 19 heavy (non-hydrogen) atoms. The predicted molar refractivity (Wildman–Crippen MR) is 69.8 cm³/mol. The summed E-state index contributed by atoms with van der Waals surface area (Å²) in [5.74, 6) is -0.867. The Labute approximate surface area is 111 Å². The minimum atomic E-state index is -2.01. The van der Waals surface area contributed by atoms with Crippen molar-refractivity contribution in [2.24, 2.45) is 0 Å². The maximum Gasteiger partial charge on any atom is 0.352 e. The molecule has 4 nitrogen and oxygen atoms in total. The molecule has 0 bridgehead atoms. The SMILES string of the molecule is CC(O)C(C)(F)CC(=N)C(=O)OCc1ccccc1. The van der Waals surface area contributed by atoms with Gasteiger partial charge in [0.2, 0.25) is 0 Å². The molecule has 0 spiro atoms. The highest BCUT2D eigenvalue weighted by atomic mass is 19.1. The first-order chi connectivity index (χ1) is 8.83. The molecule has 0 aliphatic heterocycles. The molecule has 0 fully saturated rings. The smallest absolute Gasteiger partial charge is 0.352 e. The maximum absolute atomic E-state index is 13.8. The van der Waals surface area contributed by atoms with E-state index in [-0.39, 0.29) is 6.61 Å². The Morgan fingerprint density at radius 3 is 2.58 bits per heavy atom. The van der Waals surface area contributed by atoms with E-state index in [0.717, 1.165) is 12.5 Å². The number of hydrogen-bond donors (Lipinski definition) is 2. The van der Waals surface area contributed by atoms with Gasteiger partial charge in [-0.2, -0.15) is 0 Å². The van der Waals surface area contributed by atoms with Crippen molar-refractivity contribution >= 4 is 11.7 Å². The second-order valence-electron chi connectivity index (χ2n) is 4.67. The van der Waals surface area contributed by atoms with Crippen molar-refractivity contribution < 1.29 is 19.0 Å². The van der Waals surface area contributed by atoms with Crippen molar-refractivity contribution in [1.82, 2.24) is 0 Å². The topological polar surface area (TPSA) is 70.4 Å². The molecule has 1 aromatic carbocycles. The average molecular weight is 267 g/mol. The van der Waals surface area contributed by atoms with Crippen molar-refractivity contribution in [2.45, 2.75) is 38.6 Å². The number of nitrogens with one attached hydrogen (secondary N) is 1. The molecular formula is C14H18FNO3. The zero-order chi connectivity index (χ0) is 14.5. The quantitative estimate of drug-likeness (QED) is 0.613. The molecule has 2 N–H and O–H groups in total. The van der Waals surface area contributed by atoms with Crippen molar-refractivity contribution in [1.29, 1.82) is 5.41 Å². The highest BCUT2D eigenvalue weighted by Crippen LogP contribution is 2.21. The summed E-state index contributed by atoms with van der Waals surface area (Å²) in [6, 6.07) is 9.02. The van der Waals surface area contributed by atoms with E-state index in [2.05, 4.69) is 0 Å². The van der Waals surface area contributed by atoms with Crippen LogP contribution in [0.1, 0.15) is 25.8 Å². The molecule has 0 aliphatic carbocycles. The average Bonchev–Trinajstić information content (AvgIpc) is 2.36. The summed E-state index contributed by atoms with van der Waals surface area (Å²) in [4.78, 5) is 11.5. The fraction of sp³-hybridized carbons (Fsp3) is 0.429. The van der Waals surface area contributed by atoms with E-state index in [9.17, 15) is 14.3 Å². The van der Waals surface area contributed by atoms with Crippen LogP contribution in [0.4, 0.5) is 4.39 Å². The van der Waals surface area contributed by atoms with E-state index in [1.165, 1.54) is 6.92 Å². The zero-order valence-corrected chi connectivity index (χ0v) is 11.0. The normalized spacial score (nSPS) is 15.4. The molecule has 2 unspecified atom stereocenters. The van der Waals surface area contributed by atoms with Crippen LogP contribution in [-0.2, 0) is 16.1 Å². The summed E-state index contributed by atoms with van der Waals surface area (Å²) in [5.41, 5.74) is -1.70. The number of alkyl halides is 1. The summed E-state index contributed by atoms with van der Waals surface area (Å²) in [7, 11) is 0. The van der Waals surface area contributed by atoms with Gasteiger partial charge in [-0.1, -0.05) is 30.3 Å². The van der Waals surface area contributed by atoms with E-state index in [0.29, 0.717) is 0 Å². The van der Waals surface area contributed by atoms with E-state index in [4.69, 9.17) is 10.1 Å². The first kappa shape index (κ1) is 15.3. The van der Waals surface area contributed by atoms with Crippen molar-refractivity contribution in [2.75, 3.05) is 0 Å².